The highest BCUT2D eigenvalue weighted by Gasteiger charge is 2.09. The van der Waals surface area contributed by atoms with Crippen molar-refractivity contribution in [2.45, 2.75) is 13.8 Å². The van der Waals surface area contributed by atoms with Crippen LogP contribution < -0.4 is 10.5 Å². The van der Waals surface area contributed by atoms with E-state index < -0.39 is 5.82 Å². The first-order chi connectivity index (χ1) is 8.95. The van der Waals surface area contributed by atoms with Gasteiger partial charge in [-0.1, -0.05) is 18.3 Å². The van der Waals surface area contributed by atoms with E-state index in [-0.39, 0.29) is 4.99 Å². The molecule has 2 nitrogen and oxygen atoms in total. The summed E-state index contributed by atoms with van der Waals surface area (Å²) in [5.74, 6) is 0.746. The molecule has 98 valence electrons. The lowest BCUT2D eigenvalue weighted by Gasteiger charge is -2.11. The minimum Gasteiger partial charge on any atom is -0.457 e. The summed E-state index contributed by atoms with van der Waals surface area (Å²) < 4.78 is 19.0. The fraction of sp³-hybridized carbons (Fsp3) is 0.133. The summed E-state index contributed by atoms with van der Waals surface area (Å²) >= 11 is 4.91. The van der Waals surface area contributed by atoms with Crippen LogP contribution in [0.4, 0.5) is 4.39 Å². The Bertz CT molecular complexity index is 620. The number of aryl methyl sites for hydroxylation is 2. The third-order valence-electron chi connectivity index (χ3n) is 2.63. The second-order valence-electron chi connectivity index (χ2n) is 4.43. The number of hydrogen-bond acceptors (Lipinski definition) is 2. The fourth-order valence-electron chi connectivity index (χ4n) is 1.90. The minimum atomic E-state index is -0.393. The molecule has 2 aromatic carbocycles. The molecule has 0 saturated carbocycles. The smallest absolute Gasteiger partial charge is 0.137 e. The normalized spacial score (nSPS) is 10.3. The zero-order valence-electron chi connectivity index (χ0n) is 10.7. The van der Waals surface area contributed by atoms with Crippen LogP contribution in [0.3, 0.4) is 0 Å². The molecule has 0 aromatic heterocycles. The maximum absolute atomic E-state index is 13.2. The van der Waals surface area contributed by atoms with Crippen LogP contribution in [0.15, 0.2) is 36.4 Å². The van der Waals surface area contributed by atoms with E-state index in [4.69, 9.17) is 22.7 Å². The van der Waals surface area contributed by atoms with Gasteiger partial charge in [0.15, 0.2) is 0 Å². The second kappa shape index (κ2) is 5.36. The van der Waals surface area contributed by atoms with Gasteiger partial charge in [-0.3, -0.25) is 0 Å². The Labute approximate surface area is 117 Å². The fourth-order valence-corrected chi connectivity index (χ4v) is 2.06. The molecule has 0 spiro atoms. The van der Waals surface area contributed by atoms with Crippen LogP contribution in [-0.4, -0.2) is 4.99 Å². The van der Waals surface area contributed by atoms with E-state index in [9.17, 15) is 4.39 Å². The van der Waals surface area contributed by atoms with Gasteiger partial charge in [0, 0.05) is 0 Å². The predicted molar refractivity (Wildman–Crippen MR) is 78.3 cm³/mol. The molecule has 0 amide bonds. The minimum absolute atomic E-state index is 0.110. The summed E-state index contributed by atoms with van der Waals surface area (Å²) in [7, 11) is 0. The predicted octanol–water partition coefficient (Wildman–Crippen LogP) is 3.87. The van der Waals surface area contributed by atoms with Crippen molar-refractivity contribution < 1.29 is 9.13 Å². The van der Waals surface area contributed by atoms with E-state index in [0.29, 0.717) is 17.1 Å². The zero-order valence-corrected chi connectivity index (χ0v) is 11.6. The number of benzene rings is 2. The summed E-state index contributed by atoms with van der Waals surface area (Å²) in [4.78, 5) is 0.110. The van der Waals surface area contributed by atoms with Crippen molar-refractivity contribution in [1.29, 1.82) is 0 Å². The molecule has 2 aromatic rings. The van der Waals surface area contributed by atoms with Crippen molar-refractivity contribution in [2.24, 2.45) is 5.73 Å². The molecular formula is C15H14FNOS. The van der Waals surface area contributed by atoms with Crippen molar-refractivity contribution in [1.82, 2.24) is 0 Å². The van der Waals surface area contributed by atoms with Gasteiger partial charge in [-0.25, -0.2) is 4.39 Å². The van der Waals surface area contributed by atoms with E-state index in [1.165, 1.54) is 18.2 Å². The largest absolute Gasteiger partial charge is 0.457 e. The maximum atomic E-state index is 13.2. The monoisotopic (exact) mass is 275 g/mol. The van der Waals surface area contributed by atoms with Gasteiger partial charge in [-0.05, 0) is 55.3 Å². The average Bonchev–Trinajstić information content (AvgIpc) is 2.30. The Morgan fingerprint density at radius 2 is 1.74 bits per heavy atom. The average molecular weight is 275 g/mol. The Kier molecular flexibility index (Phi) is 3.81. The topological polar surface area (TPSA) is 35.2 Å². The molecule has 2 N–H and O–H groups in total. The lowest BCUT2D eigenvalue weighted by Crippen LogP contribution is -2.11. The van der Waals surface area contributed by atoms with E-state index in [0.717, 1.165) is 11.1 Å². The molecule has 2 rings (SSSR count). The molecule has 0 aliphatic rings. The van der Waals surface area contributed by atoms with Crippen LogP contribution in [-0.2, 0) is 0 Å². The highest BCUT2D eigenvalue weighted by molar-refractivity contribution is 7.80. The lowest BCUT2D eigenvalue weighted by molar-refractivity contribution is 0.479. The van der Waals surface area contributed by atoms with Crippen molar-refractivity contribution in [2.75, 3.05) is 0 Å². The van der Waals surface area contributed by atoms with E-state index in [1.807, 2.05) is 32.0 Å². The molecule has 0 aliphatic carbocycles. The van der Waals surface area contributed by atoms with E-state index >= 15 is 0 Å². The van der Waals surface area contributed by atoms with Crippen LogP contribution in [0.5, 0.6) is 11.5 Å². The van der Waals surface area contributed by atoms with Crippen molar-refractivity contribution in [3.05, 3.63) is 58.9 Å². The molecule has 0 heterocycles. The molecular weight excluding hydrogens is 261 g/mol. The number of hydrogen-bond donors (Lipinski definition) is 1. The molecule has 4 heteroatoms. The van der Waals surface area contributed by atoms with Crippen LogP contribution >= 0.6 is 12.2 Å². The molecule has 0 saturated heterocycles. The van der Waals surface area contributed by atoms with Gasteiger partial charge in [0.25, 0.3) is 0 Å². The number of halogens is 1. The Balaban J connectivity index is 2.40. The third kappa shape index (κ3) is 3.29. The quantitative estimate of drug-likeness (QED) is 0.864. The molecule has 0 unspecified atom stereocenters. The molecule has 0 aliphatic heterocycles. The Hall–Kier alpha value is -1.94. The number of ether oxygens (including phenoxy) is 1. The standard InChI is InChI=1S/C15H14FNOS/c1-9-5-10(2)7-12(6-9)18-14-4-3-11(16)8-13(14)15(17)19/h3-8H,1-2H3,(H2,17,19). The molecule has 0 bridgehead atoms. The number of thiocarbonyl (C=S) groups is 1. The first-order valence-electron chi connectivity index (χ1n) is 5.81. The van der Waals surface area contributed by atoms with Crippen molar-refractivity contribution in [3.8, 4) is 11.5 Å². The first-order valence-corrected chi connectivity index (χ1v) is 6.22. The highest BCUT2D eigenvalue weighted by atomic mass is 32.1. The molecule has 0 atom stereocenters. The summed E-state index contributed by atoms with van der Waals surface area (Å²) in [5.41, 5.74) is 8.16. The maximum Gasteiger partial charge on any atom is 0.137 e. The molecule has 19 heavy (non-hydrogen) atoms. The lowest BCUT2D eigenvalue weighted by atomic mass is 10.1. The third-order valence-corrected chi connectivity index (χ3v) is 2.85. The number of nitrogens with two attached hydrogens (primary N) is 1. The highest BCUT2D eigenvalue weighted by Crippen LogP contribution is 2.27. The van der Waals surface area contributed by atoms with Crippen LogP contribution in [0, 0.1) is 19.7 Å². The zero-order chi connectivity index (χ0) is 14.0. The van der Waals surface area contributed by atoms with Crippen molar-refractivity contribution in [3.63, 3.8) is 0 Å². The second-order valence-corrected chi connectivity index (χ2v) is 4.87. The van der Waals surface area contributed by atoms with Crippen LogP contribution in [0.1, 0.15) is 16.7 Å². The van der Waals surface area contributed by atoms with Gasteiger partial charge in [0.05, 0.1) is 5.56 Å². The van der Waals surface area contributed by atoms with Gasteiger partial charge in [-0.2, -0.15) is 0 Å². The molecule has 0 radical (unpaired) electrons. The number of rotatable bonds is 3. The van der Waals surface area contributed by atoms with E-state index in [2.05, 4.69) is 0 Å². The van der Waals surface area contributed by atoms with Crippen molar-refractivity contribution >= 4 is 17.2 Å². The van der Waals surface area contributed by atoms with Gasteiger partial charge in [0.1, 0.15) is 22.3 Å². The molecule has 0 fully saturated rings. The SMILES string of the molecule is Cc1cc(C)cc(Oc2ccc(F)cc2C(N)=S)c1. The first kappa shape index (κ1) is 13.5. The summed E-state index contributed by atoms with van der Waals surface area (Å²) in [5, 5.41) is 0. The summed E-state index contributed by atoms with van der Waals surface area (Å²) in [6.07, 6.45) is 0. The van der Waals surface area contributed by atoms with Crippen LogP contribution in [0.2, 0.25) is 0 Å². The van der Waals surface area contributed by atoms with Gasteiger partial charge in [-0.15, -0.1) is 0 Å². The van der Waals surface area contributed by atoms with Gasteiger partial charge in [0.2, 0.25) is 0 Å². The van der Waals surface area contributed by atoms with E-state index in [1.54, 1.807) is 0 Å². The summed E-state index contributed by atoms with van der Waals surface area (Å²) in [6, 6.07) is 9.98. The van der Waals surface area contributed by atoms with Crippen LogP contribution in [0.25, 0.3) is 0 Å². The van der Waals surface area contributed by atoms with Gasteiger partial charge < -0.3 is 10.5 Å². The van der Waals surface area contributed by atoms with Gasteiger partial charge >= 0.3 is 0 Å². The Morgan fingerprint density at radius 3 is 2.32 bits per heavy atom. The Morgan fingerprint density at radius 1 is 1.11 bits per heavy atom. The summed E-state index contributed by atoms with van der Waals surface area (Å²) in [6.45, 7) is 3.97.